The van der Waals surface area contributed by atoms with Gasteiger partial charge in [0.2, 0.25) is 0 Å². The van der Waals surface area contributed by atoms with Crippen molar-refractivity contribution in [2.75, 3.05) is 0 Å². The van der Waals surface area contributed by atoms with Gasteiger partial charge in [0.15, 0.2) is 0 Å². The highest BCUT2D eigenvalue weighted by Crippen LogP contribution is 2.26. The molecule has 0 saturated carbocycles. The van der Waals surface area contributed by atoms with Crippen LogP contribution in [0.1, 0.15) is 25.3 Å². The van der Waals surface area contributed by atoms with Gasteiger partial charge in [0.1, 0.15) is 11.3 Å². The minimum atomic E-state index is -0.373. The maximum atomic E-state index is 12.3. The van der Waals surface area contributed by atoms with Gasteiger partial charge in [0, 0.05) is 11.5 Å². The van der Waals surface area contributed by atoms with E-state index in [0.29, 0.717) is 11.1 Å². The van der Waals surface area contributed by atoms with Crippen LogP contribution in [0.15, 0.2) is 57.7 Å². The van der Waals surface area contributed by atoms with Gasteiger partial charge in [-0.1, -0.05) is 37.6 Å². The van der Waals surface area contributed by atoms with Gasteiger partial charge in [-0.15, -0.1) is 0 Å². The van der Waals surface area contributed by atoms with E-state index >= 15 is 0 Å². The molecule has 0 fully saturated rings. The Morgan fingerprint density at radius 3 is 2.68 bits per heavy atom. The molecule has 0 aliphatic carbocycles. The summed E-state index contributed by atoms with van der Waals surface area (Å²) in [6, 6.07) is 14.6. The number of phenolic OH excluding ortho intramolecular Hbond substituents is 1. The number of phenols is 1. The van der Waals surface area contributed by atoms with Crippen LogP contribution in [0.25, 0.3) is 22.1 Å². The molecule has 0 unspecified atom stereocenters. The summed E-state index contributed by atoms with van der Waals surface area (Å²) in [6.45, 7) is 2.15. The Balaban J connectivity index is 2.16. The fraction of sp³-hybridized carbons (Fsp3) is 0.211. The minimum absolute atomic E-state index is 0.0896. The van der Waals surface area contributed by atoms with Crippen LogP contribution in [0.5, 0.6) is 5.75 Å². The molecule has 0 saturated heterocycles. The topological polar surface area (TPSA) is 50.4 Å². The average Bonchev–Trinajstić information content (AvgIpc) is 2.52. The lowest BCUT2D eigenvalue weighted by Crippen LogP contribution is -2.04. The van der Waals surface area contributed by atoms with Crippen molar-refractivity contribution < 1.29 is 9.52 Å². The first-order valence-electron chi connectivity index (χ1n) is 7.54. The first-order valence-corrected chi connectivity index (χ1v) is 7.54. The van der Waals surface area contributed by atoms with E-state index in [0.717, 1.165) is 35.8 Å². The zero-order valence-electron chi connectivity index (χ0n) is 12.5. The van der Waals surface area contributed by atoms with E-state index in [4.69, 9.17) is 4.42 Å². The standard InChI is InChI=1S/C19H18O3/c1-2-3-6-13-7-4-5-8-16(13)17-11-14-9-10-15(20)12-18(14)22-19(17)21/h4-5,7-12,20H,2-3,6H2,1H3. The summed E-state index contributed by atoms with van der Waals surface area (Å²) in [5.41, 5.74) is 2.70. The Hall–Kier alpha value is -2.55. The lowest BCUT2D eigenvalue weighted by Gasteiger charge is -2.09. The third-order valence-corrected chi connectivity index (χ3v) is 3.83. The molecule has 3 heteroatoms. The molecule has 1 N–H and O–H groups in total. The van der Waals surface area contributed by atoms with Gasteiger partial charge in [0.05, 0.1) is 5.56 Å². The second-order valence-corrected chi connectivity index (χ2v) is 5.43. The highest BCUT2D eigenvalue weighted by Gasteiger charge is 2.11. The summed E-state index contributed by atoms with van der Waals surface area (Å²) >= 11 is 0. The maximum Gasteiger partial charge on any atom is 0.344 e. The van der Waals surface area contributed by atoms with Crippen molar-refractivity contribution in [3.63, 3.8) is 0 Å². The van der Waals surface area contributed by atoms with Crippen molar-refractivity contribution >= 4 is 11.0 Å². The lowest BCUT2D eigenvalue weighted by molar-refractivity contribution is 0.473. The molecule has 112 valence electrons. The summed E-state index contributed by atoms with van der Waals surface area (Å²) in [5.74, 6) is 0.0896. The third kappa shape index (κ3) is 2.75. The molecule has 1 heterocycles. The van der Waals surface area contributed by atoms with Crippen molar-refractivity contribution in [1.29, 1.82) is 0 Å². The number of aryl methyl sites for hydroxylation is 1. The summed E-state index contributed by atoms with van der Waals surface area (Å²) in [5, 5.41) is 10.3. The van der Waals surface area contributed by atoms with Crippen molar-refractivity contribution in [1.82, 2.24) is 0 Å². The number of benzene rings is 2. The second-order valence-electron chi connectivity index (χ2n) is 5.43. The molecule has 2 aromatic carbocycles. The van der Waals surface area contributed by atoms with Crippen LogP contribution in [0.3, 0.4) is 0 Å². The van der Waals surface area contributed by atoms with Gasteiger partial charge in [-0.3, -0.25) is 0 Å². The molecule has 0 aliphatic heterocycles. The molecule has 0 bridgehead atoms. The van der Waals surface area contributed by atoms with Crippen LogP contribution in [0.4, 0.5) is 0 Å². The predicted octanol–water partition coefficient (Wildman–Crippen LogP) is 4.51. The maximum absolute atomic E-state index is 12.3. The van der Waals surface area contributed by atoms with E-state index in [1.54, 1.807) is 12.1 Å². The molecule has 22 heavy (non-hydrogen) atoms. The van der Waals surface area contributed by atoms with Gasteiger partial charge >= 0.3 is 5.63 Å². The highest BCUT2D eigenvalue weighted by atomic mass is 16.4. The quantitative estimate of drug-likeness (QED) is 0.720. The number of hydrogen-bond acceptors (Lipinski definition) is 3. The summed E-state index contributed by atoms with van der Waals surface area (Å²) in [7, 11) is 0. The molecule has 1 aromatic heterocycles. The van der Waals surface area contributed by atoms with Crippen LogP contribution >= 0.6 is 0 Å². The molecule has 0 spiro atoms. The highest BCUT2D eigenvalue weighted by molar-refractivity contribution is 5.83. The number of rotatable bonds is 4. The van der Waals surface area contributed by atoms with Gasteiger partial charge in [-0.05, 0) is 42.2 Å². The largest absolute Gasteiger partial charge is 0.508 e. The van der Waals surface area contributed by atoms with Gasteiger partial charge in [-0.25, -0.2) is 4.79 Å². The van der Waals surface area contributed by atoms with Crippen LogP contribution in [0, 0.1) is 0 Å². The molecule has 0 radical (unpaired) electrons. The zero-order chi connectivity index (χ0) is 15.5. The minimum Gasteiger partial charge on any atom is -0.508 e. The number of aromatic hydroxyl groups is 1. The van der Waals surface area contributed by atoms with Crippen LogP contribution < -0.4 is 5.63 Å². The molecule has 0 atom stereocenters. The van der Waals surface area contributed by atoms with E-state index in [-0.39, 0.29) is 11.4 Å². The second kappa shape index (κ2) is 6.06. The van der Waals surface area contributed by atoms with Crippen molar-refractivity contribution in [3.05, 3.63) is 64.5 Å². The summed E-state index contributed by atoms with van der Waals surface area (Å²) in [4.78, 5) is 12.3. The molecule has 0 amide bonds. The summed E-state index contributed by atoms with van der Waals surface area (Å²) in [6.07, 6.45) is 3.14. The number of fused-ring (bicyclic) bond motifs is 1. The van der Waals surface area contributed by atoms with Crippen molar-refractivity contribution in [2.45, 2.75) is 26.2 Å². The van der Waals surface area contributed by atoms with E-state index in [2.05, 4.69) is 13.0 Å². The zero-order valence-corrected chi connectivity index (χ0v) is 12.5. The lowest BCUT2D eigenvalue weighted by atomic mass is 9.96. The molecule has 3 aromatic rings. The van der Waals surface area contributed by atoms with E-state index in [9.17, 15) is 9.90 Å². The first kappa shape index (κ1) is 14.4. The van der Waals surface area contributed by atoms with Crippen LogP contribution in [0.2, 0.25) is 0 Å². The number of hydrogen-bond donors (Lipinski definition) is 1. The van der Waals surface area contributed by atoms with E-state index < -0.39 is 0 Å². The van der Waals surface area contributed by atoms with Gasteiger partial charge < -0.3 is 9.52 Å². The molecule has 3 rings (SSSR count). The third-order valence-electron chi connectivity index (χ3n) is 3.83. The van der Waals surface area contributed by atoms with Crippen LogP contribution in [-0.4, -0.2) is 5.11 Å². The van der Waals surface area contributed by atoms with E-state index in [1.165, 1.54) is 6.07 Å². The van der Waals surface area contributed by atoms with Crippen molar-refractivity contribution in [2.24, 2.45) is 0 Å². The SMILES string of the molecule is CCCCc1ccccc1-c1cc2ccc(O)cc2oc1=O. The molecular formula is C19H18O3. The molecule has 3 nitrogen and oxygen atoms in total. The average molecular weight is 294 g/mol. The van der Waals surface area contributed by atoms with Crippen molar-refractivity contribution in [3.8, 4) is 16.9 Å². The Morgan fingerprint density at radius 1 is 1.05 bits per heavy atom. The van der Waals surface area contributed by atoms with Gasteiger partial charge in [0.25, 0.3) is 0 Å². The van der Waals surface area contributed by atoms with E-state index in [1.807, 2.05) is 24.3 Å². The molecule has 0 aliphatic rings. The Morgan fingerprint density at radius 2 is 1.86 bits per heavy atom. The fourth-order valence-corrected chi connectivity index (χ4v) is 2.66. The fourth-order valence-electron chi connectivity index (χ4n) is 2.66. The Labute approximate surface area is 128 Å². The Bertz CT molecular complexity index is 862. The monoisotopic (exact) mass is 294 g/mol. The Kier molecular flexibility index (Phi) is 3.96. The summed E-state index contributed by atoms with van der Waals surface area (Å²) < 4.78 is 5.37. The number of unbranched alkanes of at least 4 members (excludes halogenated alkanes) is 1. The van der Waals surface area contributed by atoms with Gasteiger partial charge in [-0.2, -0.15) is 0 Å². The first-order chi connectivity index (χ1) is 10.7. The normalized spacial score (nSPS) is 11.0. The predicted molar refractivity (Wildman–Crippen MR) is 88.2 cm³/mol. The smallest absolute Gasteiger partial charge is 0.344 e. The molecular weight excluding hydrogens is 276 g/mol. The van der Waals surface area contributed by atoms with Crippen LogP contribution in [-0.2, 0) is 6.42 Å².